The van der Waals surface area contributed by atoms with Crippen molar-refractivity contribution in [2.75, 3.05) is 19.5 Å². The van der Waals surface area contributed by atoms with Gasteiger partial charge in [-0.2, -0.15) is 10.1 Å². The molecule has 3 aromatic rings. The normalized spacial score (nSPS) is 18.5. The molecule has 4 rings (SSSR count). The lowest BCUT2D eigenvalue weighted by molar-refractivity contribution is 0.340. The number of nitrogens with one attached hydrogen (secondary N) is 1. The van der Waals surface area contributed by atoms with Gasteiger partial charge in [-0.25, -0.2) is 4.68 Å². The maximum absolute atomic E-state index is 5.68. The molecule has 2 unspecified atom stereocenters. The average Bonchev–Trinajstić information content (AvgIpc) is 3.17. The molecule has 0 bridgehead atoms. The average molecular weight is 364 g/mol. The maximum Gasteiger partial charge on any atom is 0.222 e. The van der Waals surface area contributed by atoms with E-state index in [-0.39, 0.29) is 12.1 Å². The Labute approximate surface area is 159 Å². The Morgan fingerprint density at radius 3 is 2.67 bits per heavy atom. The molecule has 0 saturated heterocycles. The molecule has 6 nitrogen and oxygen atoms in total. The topological polar surface area (TPSA) is 61.2 Å². The first-order chi connectivity index (χ1) is 13.1. The number of benzene rings is 2. The van der Waals surface area contributed by atoms with Crippen molar-refractivity contribution in [2.45, 2.75) is 32.4 Å². The number of fused-ring (bicyclic) bond motifs is 1. The lowest BCUT2D eigenvalue weighted by Gasteiger charge is -2.32. The smallest absolute Gasteiger partial charge is 0.222 e. The van der Waals surface area contributed by atoms with E-state index in [0.717, 1.165) is 29.4 Å². The Morgan fingerprint density at radius 1 is 1.07 bits per heavy atom. The highest BCUT2D eigenvalue weighted by atomic mass is 16.5. The van der Waals surface area contributed by atoms with Crippen LogP contribution in [-0.2, 0) is 0 Å². The zero-order chi connectivity index (χ0) is 19.0. The van der Waals surface area contributed by atoms with E-state index in [1.807, 2.05) is 16.8 Å². The number of methoxy groups -OCH3 is 2. The molecule has 1 aliphatic rings. The second-order valence-electron chi connectivity index (χ2n) is 6.90. The number of aromatic nitrogens is 3. The van der Waals surface area contributed by atoms with E-state index in [1.54, 1.807) is 20.5 Å². The molecule has 2 heterocycles. The van der Waals surface area contributed by atoms with Gasteiger partial charge < -0.3 is 14.8 Å². The SMILES string of the molecule is COc1cccc(C2CC(c3ccc(C)c(C)c3)Nc3ncnn32)c1OC. The van der Waals surface area contributed by atoms with Crippen molar-refractivity contribution >= 4 is 5.95 Å². The number of anilines is 1. The fraction of sp³-hybridized carbons (Fsp3) is 0.333. The van der Waals surface area contributed by atoms with Crippen molar-refractivity contribution in [3.8, 4) is 11.5 Å². The second-order valence-corrected chi connectivity index (χ2v) is 6.90. The van der Waals surface area contributed by atoms with Crippen LogP contribution in [0.2, 0.25) is 0 Å². The van der Waals surface area contributed by atoms with E-state index in [1.165, 1.54) is 16.7 Å². The third kappa shape index (κ3) is 3.01. The summed E-state index contributed by atoms with van der Waals surface area (Å²) in [6.07, 6.45) is 2.42. The van der Waals surface area contributed by atoms with Gasteiger partial charge in [-0.3, -0.25) is 0 Å². The highest BCUT2D eigenvalue weighted by molar-refractivity contribution is 5.50. The Kier molecular flexibility index (Phi) is 4.48. The zero-order valence-electron chi connectivity index (χ0n) is 16.1. The van der Waals surface area contributed by atoms with Crippen molar-refractivity contribution < 1.29 is 9.47 Å². The molecule has 1 aromatic heterocycles. The zero-order valence-corrected chi connectivity index (χ0v) is 16.1. The predicted octanol–water partition coefficient (Wildman–Crippen LogP) is 4.06. The summed E-state index contributed by atoms with van der Waals surface area (Å²) in [5, 5.41) is 7.97. The molecule has 6 heteroatoms. The molecular weight excluding hydrogens is 340 g/mol. The van der Waals surface area contributed by atoms with E-state index in [0.29, 0.717) is 0 Å². The minimum Gasteiger partial charge on any atom is -0.493 e. The largest absolute Gasteiger partial charge is 0.493 e. The number of para-hydroxylation sites is 1. The van der Waals surface area contributed by atoms with Crippen LogP contribution >= 0.6 is 0 Å². The van der Waals surface area contributed by atoms with Crippen molar-refractivity contribution in [2.24, 2.45) is 0 Å². The summed E-state index contributed by atoms with van der Waals surface area (Å²) in [5.74, 6) is 2.23. The van der Waals surface area contributed by atoms with E-state index in [9.17, 15) is 0 Å². The van der Waals surface area contributed by atoms with Gasteiger partial charge in [-0.1, -0.05) is 30.3 Å². The molecule has 0 aliphatic carbocycles. The van der Waals surface area contributed by atoms with Crippen molar-refractivity contribution in [1.29, 1.82) is 0 Å². The summed E-state index contributed by atoms with van der Waals surface area (Å²) in [4.78, 5) is 4.41. The molecule has 2 aromatic carbocycles. The van der Waals surface area contributed by atoms with Gasteiger partial charge in [0.1, 0.15) is 6.33 Å². The lowest BCUT2D eigenvalue weighted by atomic mass is 9.91. The van der Waals surface area contributed by atoms with Crippen LogP contribution in [0.4, 0.5) is 5.95 Å². The fourth-order valence-corrected chi connectivity index (χ4v) is 3.75. The first kappa shape index (κ1) is 17.4. The number of nitrogens with zero attached hydrogens (tertiary/aromatic N) is 3. The molecule has 1 aliphatic heterocycles. The fourth-order valence-electron chi connectivity index (χ4n) is 3.75. The molecule has 0 saturated carbocycles. The van der Waals surface area contributed by atoms with Gasteiger partial charge in [0, 0.05) is 5.56 Å². The number of aryl methyl sites for hydroxylation is 2. The van der Waals surface area contributed by atoms with E-state index >= 15 is 0 Å². The van der Waals surface area contributed by atoms with Crippen LogP contribution in [-0.4, -0.2) is 29.0 Å². The first-order valence-electron chi connectivity index (χ1n) is 9.06. The third-order valence-corrected chi connectivity index (χ3v) is 5.36. The lowest BCUT2D eigenvalue weighted by Crippen LogP contribution is -2.28. The summed E-state index contributed by atoms with van der Waals surface area (Å²) in [7, 11) is 3.33. The molecule has 2 atom stereocenters. The van der Waals surface area contributed by atoms with Gasteiger partial charge in [0.25, 0.3) is 0 Å². The van der Waals surface area contributed by atoms with Crippen LogP contribution in [0.15, 0.2) is 42.7 Å². The van der Waals surface area contributed by atoms with Gasteiger partial charge >= 0.3 is 0 Å². The van der Waals surface area contributed by atoms with Gasteiger partial charge in [0.15, 0.2) is 11.5 Å². The number of rotatable bonds is 4. The number of hydrogen-bond donors (Lipinski definition) is 1. The minimum atomic E-state index is 0.000379. The van der Waals surface area contributed by atoms with E-state index in [4.69, 9.17) is 9.47 Å². The molecule has 0 fully saturated rings. The third-order valence-electron chi connectivity index (χ3n) is 5.36. The predicted molar refractivity (Wildman–Crippen MR) is 105 cm³/mol. The summed E-state index contributed by atoms with van der Waals surface area (Å²) in [5.41, 5.74) is 4.87. The molecule has 1 N–H and O–H groups in total. The van der Waals surface area contributed by atoms with Gasteiger partial charge in [0.05, 0.1) is 26.3 Å². The van der Waals surface area contributed by atoms with E-state index < -0.39 is 0 Å². The van der Waals surface area contributed by atoms with Crippen LogP contribution < -0.4 is 14.8 Å². The minimum absolute atomic E-state index is 0.000379. The van der Waals surface area contributed by atoms with Gasteiger partial charge in [-0.15, -0.1) is 0 Å². The van der Waals surface area contributed by atoms with Crippen molar-refractivity contribution in [1.82, 2.24) is 14.8 Å². The summed E-state index contributed by atoms with van der Waals surface area (Å²) < 4.78 is 13.1. The Morgan fingerprint density at radius 2 is 1.93 bits per heavy atom. The first-order valence-corrected chi connectivity index (χ1v) is 9.06. The summed E-state index contributed by atoms with van der Waals surface area (Å²) in [6.45, 7) is 4.28. The van der Waals surface area contributed by atoms with Crippen molar-refractivity contribution in [3.05, 3.63) is 65.0 Å². The van der Waals surface area contributed by atoms with Crippen LogP contribution in [0.5, 0.6) is 11.5 Å². The molecular formula is C21H24N4O2. The Hall–Kier alpha value is -3.02. The highest BCUT2D eigenvalue weighted by Gasteiger charge is 2.32. The molecule has 0 spiro atoms. The molecule has 27 heavy (non-hydrogen) atoms. The van der Waals surface area contributed by atoms with Crippen LogP contribution in [0.25, 0.3) is 0 Å². The van der Waals surface area contributed by atoms with Crippen LogP contribution in [0, 0.1) is 13.8 Å². The number of hydrogen-bond acceptors (Lipinski definition) is 5. The molecule has 0 radical (unpaired) electrons. The van der Waals surface area contributed by atoms with Crippen LogP contribution in [0.3, 0.4) is 0 Å². The summed E-state index contributed by atoms with van der Waals surface area (Å²) in [6, 6.07) is 12.7. The quantitative estimate of drug-likeness (QED) is 0.756. The monoisotopic (exact) mass is 364 g/mol. The van der Waals surface area contributed by atoms with Crippen LogP contribution in [0.1, 0.15) is 40.8 Å². The second kappa shape index (κ2) is 6.95. The van der Waals surface area contributed by atoms with Gasteiger partial charge in [-0.05, 0) is 43.0 Å². The van der Waals surface area contributed by atoms with E-state index in [2.05, 4.69) is 53.5 Å². The maximum atomic E-state index is 5.68. The Bertz CT molecular complexity index is 967. The van der Waals surface area contributed by atoms with Crippen molar-refractivity contribution in [3.63, 3.8) is 0 Å². The number of ether oxygens (including phenoxy) is 2. The Balaban J connectivity index is 1.78. The van der Waals surface area contributed by atoms with Gasteiger partial charge in [0.2, 0.25) is 5.95 Å². The molecule has 0 amide bonds. The molecule has 140 valence electrons. The standard InChI is InChI=1S/C21H24N4O2/c1-13-8-9-15(10-14(13)2)17-11-18(25-21(24-17)22-12-23-25)16-6-5-7-19(26-3)20(16)27-4/h5-10,12,17-18H,11H2,1-4H3,(H,22,23,24). The highest BCUT2D eigenvalue weighted by Crippen LogP contribution is 2.43. The summed E-state index contributed by atoms with van der Waals surface area (Å²) >= 11 is 0.